The molecule has 14 nitrogen and oxygen atoms in total. The van der Waals surface area contributed by atoms with Crippen LogP contribution in [0.5, 0.6) is 5.75 Å². The summed E-state index contributed by atoms with van der Waals surface area (Å²) < 4.78 is 0. The molecule has 6 heterocycles. The Morgan fingerprint density at radius 1 is 0.896 bits per heavy atom. The number of hydrogen-bond acceptors (Lipinski definition) is 9. The van der Waals surface area contributed by atoms with Gasteiger partial charge in [0.15, 0.2) is 5.65 Å². The molecule has 67 heavy (non-hydrogen) atoms. The molecule has 9 rings (SSSR count). The molecule has 5 aliphatic rings. The fourth-order valence-corrected chi connectivity index (χ4v) is 12.1. The highest BCUT2D eigenvalue weighted by Gasteiger charge is 2.45. The average molecular weight is 912 g/mol. The van der Waals surface area contributed by atoms with E-state index >= 15 is 0 Å². The summed E-state index contributed by atoms with van der Waals surface area (Å²) in [6.45, 7) is 12.9. The molecule has 0 bridgehead atoms. The van der Waals surface area contributed by atoms with Crippen LogP contribution in [0.4, 0.5) is 4.79 Å². The number of H-pyrrole nitrogens is 1. The van der Waals surface area contributed by atoms with Crippen molar-refractivity contribution in [2.75, 3.05) is 39.3 Å². The van der Waals surface area contributed by atoms with E-state index in [-0.39, 0.29) is 49.1 Å². The summed E-state index contributed by atoms with van der Waals surface area (Å²) in [5, 5.41) is 37.2. The SMILES string of the molecule is C#Cc1ccc(CNC(=O)[C@@H]2C[C@@H](O)CN2C(=O)[C@@H](NC(=O)N2CCC(N3CCC(C4CCC(N5CCc6[nH]c7nnc(-c8ccccc8O)cc7c6[C@H]5C)CC4)CC3)CC2)C(C)(C)C)cc1. The first-order chi connectivity index (χ1) is 32.2. The number of aliphatic hydroxyl groups is 1. The van der Waals surface area contributed by atoms with Crippen LogP contribution in [0.3, 0.4) is 0 Å². The van der Waals surface area contributed by atoms with E-state index in [2.05, 4.69) is 54.5 Å². The number of nitrogens with zero attached hydrogens (tertiary/aromatic N) is 6. The molecule has 0 unspecified atom stereocenters. The van der Waals surface area contributed by atoms with Crippen LogP contribution < -0.4 is 10.6 Å². The van der Waals surface area contributed by atoms with Crippen molar-refractivity contribution in [2.45, 2.75) is 135 Å². The van der Waals surface area contributed by atoms with Gasteiger partial charge in [0.2, 0.25) is 11.8 Å². The molecule has 0 radical (unpaired) electrons. The van der Waals surface area contributed by atoms with Crippen LogP contribution in [0.1, 0.15) is 114 Å². The number of urea groups is 1. The minimum Gasteiger partial charge on any atom is -0.507 e. The van der Waals surface area contributed by atoms with Crippen LogP contribution in [0.2, 0.25) is 0 Å². The minimum atomic E-state index is -0.875. The molecule has 14 heteroatoms. The van der Waals surface area contributed by atoms with Gasteiger partial charge in [-0.15, -0.1) is 16.6 Å². The van der Waals surface area contributed by atoms with Gasteiger partial charge in [0.05, 0.1) is 11.8 Å². The van der Waals surface area contributed by atoms with E-state index in [1.165, 1.54) is 54.7 Å². The second-order valence-electron chi connectivity index (χ2n) is 21.1. The Morgan fingerprint density at radius 3 is 2.28 bits per heavy atom. The lowest BCUT2D eigenvalue weighted by molar-refractivity contribution is -0.142. The first-order valence-electron chi connectivity index (χ1n) is 24.8. The van der Waals surface area contributed by atoms with Gasteiger partial charge >= 0.3 is 6.03 Å². The Hall–Kier alpha value is -5.49. The predicted octanol–water partition coefficient (Wildman–Crippen LogP) is 6.37. The minimum absolute atomic E-state index is 0.0341. The fourth-order valence-electron chi connectivity index (χ4n) is 12.1. The van der Waals surface area contributed by atoms with Gasteiger partial charge in [0, 0.05) is 85.9 Å². The number of aliphatic hydroxyl groups excluding tert-OH is 1. The Balaban J connectivity index is 0.729. The number of para-hydroxylation sites is 1. The molecule has 4 aromatic rings. The standard InChI is InChI=1S/C53H69N9O5/c1-6-34-11-13-35(14-12-34)31-54-50(65)45-29-40(63)32-62(45)51(66)48(53(3,4)5)56-52(67)60-26-21-38(22-27-60)59-24-19-37(20-25-59)36-15-17-39(18-16-36)61-28-23-43-47(33(61)2)42-30-44(57-58-49(42)55-43)41-9-7-8-10-46(41)64/h1,7-14,30,33,36-40,45,48,63-64H,15-29,31-32H2,2-5H3,(H,54,65)(H,55,58)(H,56,67)/t33-,36?,39?,40-,45+,48-/m1/s1. The number of likely N-dealkylation sites (tertiary alicyclic amines) is 3. The van der Waals surface area contributed by atoms with E-state index in [1.807, 2.05) is 68.1 Å². The topological polar surface area (TPSA) is 170 Å². The molecule has 4 atom stereocenters. The van der Waals surface area contributed by atoms with Gasteiger partial charge in [0.25, 0.3) is 0 Å². The van der Waals surface area contributed by atoms with E-state index in [1.54, 1.807) is 6.07 Å². The van der Waals surface area contributed by atoms with Gasteiger partial charge in [-0.3, -0.25) is 14.5 Å². The molecule has 1 saturated carbocycles. The van der Waals surface area contributed by atoms with Crippen LogP contribution in [-0.4, -0.2) is 132 Å². The quantitative estimate of drug-likeness (QED) is 0.120. The van der Waals surface area contributed by atoms with Crippen LogP contribution in [0, 0.1) is 29.6 Å². The molecule has 0 spiro atoms. The summed E-state index contributed by atoms with van der Waals surface area (Å²) in [7, 11) is 0. The highest BCUT2D eigenvalue weighted by Crippen LogP contribution is 2.43. The lowest BCUT2D eigenvalue weighted by atomic mass is 9.73. The van der Waals surface area contributed by atoms with Crippen molar-refractivity contribution in [3.8, 4) is 29.4 Å². The number of rotatable bonds is 9. The average Bonchev–Trinajstić information content (AvgIpc) is 3.93. The fraction of sp³-hybridized carbons (Fsp3) is 0.566. The number of terminal acetylenes is 1. The van der Waals surface area contributed by atoms with Gasteiger partial charge in [-0.05, 0) is 130 Å². The van der Waals surface area contributed by atoms with Gasteiger partial charge in [-0.25, -0.2) is 4.79 Å². The van der Waals surface area contributed by atoms with Crippen LogP contribution in [-0.2, 0) is 22.6 Å². The largest absolute Gasteiger partial charge is 0.507 e. The van der Waals surface area contributed by atoms with Gasteiger partial charge in [-0.2, -0.15) is 0 Å². The van der Waals surface area contributed by atoms with E-state index in [9.17, 15) is 24.6 Å². The lowest BCUT2D eigenvalue weighted by Gasteiger charge is -2.46. The number of amides is 4. The number of aromatic hydroxyl groups is 1. The second kappa shape index (κ2) is 19.6. The number of phenols is 1. The van der Waals surface area contributed by atoms with Gasteiger partial charge in [0.1, 0.15) is 17.8 Å². The molecule has 1 aliphatic carbocycles. The van der Waals surface area contributed by atoms with Crippen LogP contribution in [0.15, 0.2) is 54.6 Å². The Labute approximate surface area is 395 Å². The monoisotopic (exact) mass is 912 g/mol. The van der Waals surface area contributed by atoms with Gasteiger partial charge < -0.3 is 40.5 Å². The Morgan fingerprint density at radius 2 is 1.60 bits per heavy atom. The first kappa shape index (κ1) is 46.6. The summed E-state index contributed by atoms with van der Waals surface area (Å²) in [5.41, 5.74) is 5.79. The van der Waals surface area contributed by atoms with E-state index in [0.29, 0.717) is 36.4 Å². The molecule has 356 valence electrons. The number of piperidine rings is 2. The number of nitrogens with one attached hydrogen (secondary N) is 3. The molecule has 4 fully saturated rings. The van der Waals surface area contributed by atoms with E-state index < -0.39 is 23.6 Å². The number of benzene rings is 2. The summed E-state index contributed by atoms with van der Waals surface area (Å²) in [4.78, 5) is 53.7. The van der Waals surface area contributed by atoms with Crippen molar-refractivity contribution in [1.29, 1.82) is 0 Å². The number of carbonyl (C=O) groups is 3. The molecule has 3 saturated heterocycles. The summed E-state index contributed by atoms with van der Waals surface area (Å²) in [6, 6.07) is 16.1. The number of β-amino-alcohol motifs (C(OH)–C–C–N with tert-alkyl or cyclic N) is 1. The zero-order chi connectivity index (χ0) is 47.0. The number of fused-ring (bicyclic) bond motifs is 3. The maximum absolute atomic E-state index is 14.2. The maximum atomic E-state index is 14.2. The Bertz CT molecular complexity index is 2450. The Kier molecular flexibility index (Phi) is 13.6. The summed E-state index contributed by atoms with van der Waals surface area (Å²) >= 11 is 0. The van der Waals surface area contributed by atoms with Crippen molar-refractivity contribution >= 4 is 28.9 Å². The molecular weight excluding hydrogens is 843 g/mol. The lowest BCUT2D eigenvalue weighted by Crippen LogP contribution is -2.60. The van der Waals surface area contributed by atoms with Crippen molar-refractivity contribution in [2.24, 2.45) is 17.3 Å². The number of carbonyl (C=O) groups excluding carboxylic acids is 3. The molecule has 4 aliphatic heterocycles. The van der Waals surface area contributed by atoms with Crippen molar-refractivity contribution in [3.63, 3.8) is 0 Å². The van der Waals surface area contributed by atoms with Crippen molar-refractivity contribution in [3.05, 3.63) is 77.0 Å². The van der Waals surface area contributed by atoms with Gasteiger partial charge in [-0.1, -0.05) is 51.0 Å². The third kappa shape index (κ3) is 9.92. The molecule has 4 amide bonds. The maximum Gasteiger partial charge on any atom is 0.318 e. The second-order valence-corrected chi connectivity index (χ2v) is 21.1. The van der Waals surface area contributed by atoms with Crippen LogP contribution in [0.25, 0.3) is 22.3 Å². The zero-order valence-electron chi connectivity index (χ0n) is 39.7. The highest BCUT2D eigenvalue weighted by molar-refractivity contribution is 5.93. The molecule has 5 N–H and O–H groups in total. The number of phenolic OH excluding ortho intramolecular Hbond substituents is 1. The third-order valence-electron chi connectivity index (χ3n) is 15.9. The smallest absolute Gasteiger partial charge is 0.318 e. The predicted molar refractivity (Wildman–Crippen MR) is 259 cm³/mol. The summed E-state index contributed by atoms with van der Waals surface area (Å²) in [5.74, 6) is 3.63. The normalized spacial score (nSPS) is 25.1. The highest BCUT2D eigenvalue weighted by atomic mass is 16.3. The summed E-state index contributed by atoms with van der Waals surface area (Å²) in [6.07, 6.45) is 15.0. The third-order valence-corrected chi connectivity index (χ3v) is 15.9. The van der Waals surface area contributed by atoms with Crippen molar-refractivity contribution in [1.82, 2.24) is 45.4 Å². The van der Waals surface area contributed by atoms with Crippen molar-refractivity contribution < 1.29 is 24.6 Å². The number of aromatic nitrogens is 3. The molecular formula is C53H69N9O5. The zero-order valence-corrected chi connectivity index (χ0v) is 39.7. The van der Waals surface area contributed by atoms with E-state index in [0.717, 1.165) is 72.9 Å². The number of hydrogen-bond donors (Lipinski definition) is 5. The molecule has 2 aromatic carbocycles. The number of aromatic amines is 1. The molecule has 2 aromatic heterocycles. The first-order valence-corrected chi connectivity index (χ1v) is 24.8. The van der Waals surface area contributed by atoms with E-state index in [4.69, 9.17) is 6.42 Å². The van der Waals surface area contributed by atoms with Crippen LogP contribution >= 0.6 is 0 Å².